The second-order valence-electron chi connectivity index (χ2n) is 7.06. The number of nitrogens with zero attached hydrogens (tertiary/aromatic N) is 3. The summed E-state index contributed by atoms with van der Waals surface area (Å²) in [5.41, 5.74) is 3.04. The average molecular weight is 370 g/mol. The van der Waals surface area contributed by atoms with Crippen LogP contribution in [0.2, 0.25) is 0 Å². The van der Waals surface area contributed by atoms with Gasteiger partial charge in [0, 0.05) is 50.4 Å². The van der Waals surface area contributed by atoms with Crippen LogP contribution in [0.25, 0.3) is 5.57 Å². The number of aromatic nitrogens is 2. The van der Waals surface area contributed by atoms with Crippen molar-refractivity contribution in [2.45, 2.75) is 19.4 Å². The Bertz CT molecular complexity index is 967. The highest BCUT2D eigenvalue weighted by Crippen LogP contribution is 2.30. The predicted octanol–water partition coefficient (Wildman–Crippen LogP) is 2.19. The molecule has 0 bridgehead atoms. The lowest BCUT2D eigenvalue weighted by atomic mass is 10.0. The lowest BCUT2D eigenvalue weighted by Crippen LogP contribution is -2.28. The van der Waals surface area contributed by atoms with E-state index in [2.05, 4.69) is 28.3 Å². The quantitative estimate of drug-likeness (QED) is 0.894. The third-order valence-electron chi connectivity index (χ3n) is 5.29. The van der Waals surface area contributed by atoms with Crippen molar-refractivity contribution in [3.05, 3.63) is 57.3 Å². The summed E-state index contributed by atoms with van der Waals surface area (Å²) in [5, 5.41) is 3.11. The zero-order chi connectivity index (χ0) is 19.0. The largest absolute Gasteiger partial charge is 0.493 e. The van der Waals surface area contributed by atoms with Gasteiger partial charge in [-0.05, 0) is 31.2 Å². The molecule has 4 rings (SSSR count). The fourth-order valence-corrected chi connectivity index (χ4v) is 3.62. The second-order valence-corrected chi connectivity index (χ2v) is 7.06. The number of fused-ring (bicyclic) bond motifs is 1. The van der Waals surface area contributed by atoms with E-state index >= 15 is 0 Å². The van der Waals surface area contributed by atoms with E-state index in [0.717, 1.165) is 36.4 Å². The van der Waals surface area contributed by atoms with Crippen molar-refractivity contribution >= 4 is 11.5 Å². The Morgan fingerprint density at radius 3 is 2.93 bits per heavy atom. The number of benzene rings is 1. The third kappa shape index (κ3) is 3.35. The van der Waals surface area contributed by atoms with Crippen molar-refractivity contribution in [2.75, 3.05) is 32.1 Å². The van der Waals surface area contributed by atoms with Gasteiger partial charge in [-0.1, -0.05) is 6.08 Å². The van der Waals surface area contributed by atoms with Crippen LogP contribution in [0.1, 0.15) is 23.1 Å². The van der Waals surface area contributed by atoms with E-state index in [0.29, 0.717) is 30.1 Å². The van der Waals surface area contributed by atoms with Gasteiger partial charge in [-0.15, -0.1) is 0 Å². The van der Waals surface area contributed by atoms with Gasteiger partial charge in [-0.2, -0.15) is 0 Å². The van der Waals surface area contributed by atoms with Gasteiger partial charge in [0.05, 0.1) is 12.2 Å². The van der Waals surface area contributed by atoms with Crippen molar-refractivity contribution in [3.63, 3.8) is 0 Å². The summed E-state index contributed by atoms with van der Waals surface area (Å²) in [7, 11) is 3.74. The molecule has 0 spiro atoms. The summed E-state index contributed by atoms with van der Waals surface area (Å²) in [6.45, 7) is 2.58. The maximum absolute atomic E-state index is 14.3. The standard InChI is InChI=1S/C20H23FN4O2/c1-24-8-5-13(6-9-24)15-11-22-20(25(2)19(15)26)23-12-16-14-7-10-27-18(14)4-3-17(16)21/h3-5,11H,6-10,12H2,1-2H3,(H,22,23). The highest BCUT2D eigenvalue weighted by molar-refractivity contribution is 5.65. The Morgan fingerprint density at radius 2 is 2.15 bits per heavy atom. The van der Waals surface area contributed by atoms with Crippen LogP contribution in [0.4, 0.5) is 10.3 Å². The second kappa shape index (κ2) is 7.15. The van der Waals surface area contributed by atoms with Crippen molar-refractivity contribution in [1.82, 2.24) is 14.5 Å². The number of hydrogen-bond acceptors (Lipinski definition) is 5. The Balaban J connectivity index is 1.57. The van der Waals surface area contributed by atoms with Gasteiger partial charge >= 0.3 is 0 Å². The number of halogens is 1. The number of nitrogens with one attached hydrogen (secondary N) is 1. The summed E-state index contributed by atoms with van der Waals surface area (Å²) in [5.74, 6) is 0.887. The molecular formula is C20H23FN4O2. The maximum Gasteiger partial charge on any atom is 0.262 e. The third-order valence-corrected chi connectivity index (χ3v) is 5.29. The minimum atomic E-state index is -0.273. The number of hydrogen-bond donors (Lipinski definition) is 1. The molecule has 0 aliphatic carbocycles. The number of ether oxygens (including phenoxy) is 1. The van der Waals surface area contributed by atoms with E-state index in [-0.39, 0.29) is 17.9 Å². The molecule has 2 aliphatic rings. The Kier molecular flexibility index (Phi) is 4.70. The molecule has 0 unspecified atom stereocenters. The molecule has 3 heterocycles. The van der Waals surface area contributed by atoms with E-state index in [9.17, 15) is 9.18 Å². The lowest BCUT2D eigenvalue weighted by Gasteiger charge is -2.22. The topological polar surface area (TPSA) is 59.4 Å². The van der Waals surface area contributed by atoms with Crippen molar-refractivity contribution < 1.29 is 9.13 Å². The summed E-state index contributed by atoms with van der Waals surface area (Å²) in [4.78, 5) is 19.4. The average Bonchev–Trinajstić information content (AvgIpc) is 3.14. The van der Waals surface area contributed by atoms with Crippen LogP contribution in [0, 0.1) is 5.82 Å². The maximum atomic E-state index is 14.3. The van der Waals surface area contributed by atoms with E-state index in [4.69, 9.17) is 4.74 Å². The first-order valence-corrected chi connectivity index (χ1v) is 9.15. The molecule has 7 heteroatoms. The molecule has 6 nitrogen and oxygen atoms in total. The van der Waals surface area contributed by atoms with Gasteiger partial charge in [-0.3, -0.25) is 9.36 Å². The van der Waals surface area contributed by atoms with E-state index in [1.54, 1.807) is 19.3 Å². The molecule has 0 amide bonds. The molecule has 0 atom stereocenters. The molecule has 0 saturated heterocycles. The Hall–Kier alpha value is -2.67. The molecule has 1 aromatic carbocycles. The smallest absolute Gasteiger partial charge is 0.262 e. The fraction of sp³-hybridized carbons (Fsp3) is 0.400. The van der Waals surface area contributed by atoms with Crippen LogP contribution in [-0.4, -0.2) is 41.2 Å². The summed E-state index contributed by atoms with van der Waals surface area (Å²) >= 11 is 0. The molecular weight excluding hydrogens is 347 g/mol. The van der Waals surface area contributed by atoms with Gasteiger partial charge in [0.1, 0.15) is 11.6 Å². The zero-order valence-corrected chi connectivity index (χ0v) is 15.6. The minimum absolute atomic E-state index is 0.0922. The van der Waals surface area contributed by atoms with Crippen LogP contribution in [0.5, 0.6) is 5.75 Å². The van der Waals surface area contributed by atoms with Gasteiger partial charge in [0.15, 0.2) is 0 Å². The fourth-order valence-electron chi connectivity index (χ4n) is 3.62. The molecule has 0 saturated carbocycles. The van der Waals surface area contributed by atoms with E-state index < -0.39 is 0 Å². The van der Waals surface area contributed by atoms with Crippen LogP contribution < -0.4 is 15.6 Å². The molecule has 0 radical (unpaired) electrons. The van der Waals surface area contributed by atoms with Crippen LogP contribution in [0.15, 0.2) is 29.2 Å². The van der Waals surface area contributed by atoms with Gasteiger partial charge < -0.3 is 15.0 Å². The van der Waals surface area contributed by atoms with Crippen LogP contribution in [0.3, 0.4) is 0 Å². The monoisotopic (exact) mass is 370 g/mol. The summed E-state index contributed by atoms with van der Waals surface area (Å²) < 4.78 is 21.3. The molecule has 2 aromatic rings. The molecule has 142 valence electrons. The van der Waals surface area contributed by atoms with Crippen LogP contribution in [-0.2, 0) is 20.0 Å². The van der Waals surface area contributed by atoms with Gasteiger partial charge in [0.2, 0.25) is 5.95 Å². The SMILES string of the molecule is CN1CC=C(c2cnc(NCc3c(F)ccc4c3CCO4)n(C)c2=O)CC1. The van der Waals surface area contributed by atoms with Crippen LogP contribution >= 0.6 is 0 Å². The van der Waals surface area contributed by atoms with Crippen molar-refractivity contribution in [2.24, 2.45) is 7.05 Å². The van der Waals surface area contributed by atoms with E-state index in [1.165, 1.54) is 10.6 Å². The summed E-state index contributed by atoms with van der Waals surface area (Å²) in [6, 6.07) is 3.09. The highest BCUT2D eigenvalue weighted by atomic mass is 19.1. The molecule has 1 aromatic heterocycles. The normalized spacial score (nSPS) is 16.6. The van der Waals surface area contributed by atoms with Crippen molar-refractivity contribution in [1.29, 1.82) is 0 Å². The Labute approximate surface area is 157 Å². The Morgan fingerprint density at radius 1 is 1.30 bits per heavy atom. The minimum Gasteiger partial charge on any atom is -0.493 e. The molecule has 2 aliphatic heterocycles. The van der Waals surface area contributed by atoms with Gasteiger partial charge in [0.25, 0.3) is 5.56 Å². The van der Waals surface area contributed by atoms with Gasteiger partial charge in [-0.25, -0.2) is 9.37 Å². The number of rotatable bonds is 4. The highest BCUT2D eigenvalue weighted by Gasteiger charge is 2.20. The zero-order valence-electron chi connectivity index (χ0n) is 15.6. The summed E-state index contributed by atoms with van der Waals surface area (Å²) in [6.07, 6.45) is 5.23. The number of likely N-dealkylation sites (N-methyl/N-ethyl adjacent to an activating group) is 1. The lowest BCUT2D eigenvalue weighted by molar-refractivity contribution is 0.356. The first-order chi connectivity index (χ1) is 13.0. The molecule has 1 N–H and O–H groups in total. The molecule has 27 heavy (non-hydrogen) atoms. The number of anilines is 1. The first kappa shape index (κ1) is 17.7. The van der Waals surface area contributed by atoms with E-state index in [1.807, 2.05) is 0 Å². The molecule has 0 fully saturated rings. The van der Waals surface area contributed by atoms with Crippen molar-refractivity contribution in [3.8, 4) is 5.75 Å². The first-order valence-electron chi connectivity index (χ1n) is 9.15. The predicted molar refractivity (Wildman–Crippen MR) is 102 cm³/mol.